The molecule has 20 heavy (non-hydrogen) atoms. The van der Waals surface area contributed by atoms with Crippen LogP contribution >= 0.6 is 23.1 Å². The van der Waals surface area contributed by atoms with Crippen LogP contribution in [0.5, 0.6) is 0 Å². The van der Waals surface area contributed by atoms with Crippen molar-refractivity contribution in [3.05, 3.63) is 34.7 Å². The molecule has 1 aromatic carbocycles. The van der Waals surface area contributed by atoms with Crippen molar-refractivity contribution >= 4 is 39.1 Å². The lowest BCUT2D eigenvalue weighted by atomic mass is 10.2. The lowest BCUT2D eigenvalue weighted by Gasteiger charge is -2.04. The third-order valence-corrected chi connectivity index (χ3v) is 5.25. The number of aromatic nitrogens is 2. The average molecular weight is 301 g/mol. The van der Waals surface area contributed by atoms with Gasteiger partial charge in [-0.3, -0.25) is 0 Å². The van der Waals surface area contributed by atoms with Crippen molar-refractivity contribution in [2.75, 3.05) is 12.0 Å². The monoisotopic (exact) mass is 301 g/mol. The van der Waals surface area contributed by atoms with E-state index in [0.29, 0.717) is 11.6 Å². The van der Waals surface area contributed by atoms with Gasteiger partial charge in [0.05, 0.1) is 5.39 Å². The normalized spacial score (nSPS) is 11.2. The van der Waals surface area contributed by atoms with Crippen molar-refractivity contribution in [2.24, 2.45) is 0 Å². The Morgan fingerprint density at radius 1 is 1.10 bits per heavy atom. The van der Waals surface area contributed by atoms with Crippen molar-refractivity contribution < 1.29 is 0 Å². The fourth-order valence-corrected chi connectivity index (χ4v) is 3.60. The number of nitrogens with two attached hydrogens (primary N) is 1. The number of hydrogen-bond donors (Lipinski definition) is 1. The van der Waals surface area contributed by atoms with E-state index in [4.69, 9.17) is 5.73 Å². The Kier molecular flexibility index (Phi) is 3.40. The van der Waals surface area contributed by atoms with Crippen molar-refractivity contribution in [3.63, 3.8) is 0 Å². The number of fused-ring (bicyclic) bond motifs is 1. The number of thiophene rings is 1. The van der Waals surface area contributed by atoms with Gasteiger partial charge in [0, 0.05) is 15.3 Å². The lowest BCUT2D eigenvalue weighted by molar-refractivity contribution is 1.24. The molecule has 3 aromatic rings. The van der Waals surface area contributed by atoms with E-state index < -0.39 is 0 Å². The van der Waals surface area contributed by atoms with Crippen molar-refractivity contribution in [1.29, 1.82) is 0 Å². The summed E-state index contributed by atoms with van der Waals surface area (Å²) in [6.45, 7) is 4.16. The van der Waals surface area contributed by atoms with Gasteiger partial charge < -0.3 is 5.73 Å². The van der Waals surface area contributed by atoms with Crippen LogP contribution in [0.15, 0.2) is 29.2 Å². The first kappa shape index (κ1) is 13.4. The SMILES string of the molecule is CSc1ccc(-c2nc(N)c3c(C)c(C)sc3n2)cc1. The Bertz CT molecular complexity index is 776. The minimum absolute atomic E-state index is 0.570. The number of nitrogen functional groups attached to an aromatic ring is 1. The molecular weight excluding hydrogens is 286 g/mol. The highest BCUT2D eigenvalue weighted by molar-refractivity contribution is 7.98. The minimum atomic E-state index is 0.570. The first-order valence-electron chi connectivity index (χ1n) is 6.28. The first-order chi connectivity index (χ1) is 9.60. The summed E-state index contributed by atoms with van der Waals surface area (Å²) in [5.41, 5.74) is 8.30. The van der Waals surface area contributed by atoms with Crippen LogP contribution in [0.4, 0.5) is 5.82 Å². The molecule has 0 aliphatic carbocycles. The van der Waals surface area contributed by atoms with Gasteiger partial charge in [0.1, 0.15) is 10.6 Å². The van der Waals surface area contributed by atoms with E-state index >= 15 is 0 Å². The number of anilines is 1. The quantitative estimate of drug-likeness (QED) is 0.718. The van der Waals surface area contributed by atoms with Crippen LogP contribution in [-0.4, -0.2) is 16.2 Å². The zero-order valence-corrected chi connectivity index (χ0v) is 13.2. The minimum Gasteiger partial charge on any atom is -0.383 e. The highest BCUT2D eigenvalue weighted by atomic mass is 32.2. The van der Waals surface area contributed by atoms with Crippen molar-refractivity contribution in [1.82, 2.24) is 9.97 Å². The fraction of sp³-hybridized carbons (Fsp3) is 0.200. The first-order valence-corrected chi connectivity index (χ1v) is 8.32. The summed E-state index contributed by atoms with van der Waals surface area (Å²) in [5.74, 6) is 1.27. The van der Waals surface area contributed by atoms with E-state index in [1.54, 1.807) is 23.1 Å². The summed E-state index contributed by atoms with van der Waals surface area (Å²) in [7, 11) is 0. The molecule has 3 rings (SSSR count). The second-order valence-electron chi connectivity index (χ2n) is 4.62. The van der Waals surface area contributed by atoms with Gasteiger partial charge in [-0.2, -0.15) is 0 Å². The van der Waals surface area contributed by atoms with E-state index in [1.165, 1.54) is 15.3 Å². The van der Waals surface area contributed by atoms with Crippen LogP contribution in [0.25, 0.3) is 21.6 Å². The summed E-state index contributed by atoms with van der Waals surface area (Å²) >= 11 is 3.39. The van der Waals surface area contributed by atoms with Gasteiger partial charge in [0.2, 0.25) is 0 Å². The molecule has 102 valence electrons. The predicted molar refractivity (Wildman–Crippen MR) is 88.5 cm³/mol. The Balaban J connectivity index is 2.16. The number of aryl methyl sites for hydroxylation is 2. The molecule has 0 saturated carbocycles. The average Bonchev–Trinajstić information content (AvgIpc) is 2.74. The largest absolute Gasteiger partial charge is 0.383 e. The second-order valence-corrected chi connectivity index (χ2v) is 6.71. The van der Waals surface area contributed by atoms with Gasteiger partial charge in [-0.25, -0.2) is 9.97 Å². The van der Waals surface area contributed by atoms with E-state index in [9.17, 15) is 0 Å². The van der Waals surface area contributed by atoms with E-state index in [-0.39, 0.29) is 0 Å². The van der Waals surface area contributed by atoms with Gasteiger partial charge in [-0.15, -0.1) is 23.1 Å². The predicted octanol–water partition coefficient (Wildman–Crippen LogP) is 4.28. The molecule has 0 spiro atoms. The molecule has 2 heterocycles. The molecule has 0 aliphatic rings. The van der Waals surface area contributed by atoms with Crippen LogP contribution in [-0.2, 0) is 0 Å². The second kappa shape index (κ2) is 5.07. The molecule has 3 nitrogen and oxygen atoms in total. The van der Waals surface area contributed by atoms with Crippen LogP contribution in [0, 0.1) is 13.8 Å². The van der Waals surface area contributed by atoms with E-state index in [1.807, 2.05) is 12.1 Å². The Labute approximate surface area is 126 Å². The number of rotatable bonds is 2. The topological polar surface area (TPSA) is 51.8 Å². The maximum Gasteiger partial charge on any atom is 0.163 e. The smallest absolute Gasteiger partial charge is 0.163 e. The summed E-state index contributed by atoms with van der Waals surface area (Å²) in [6.07, 6.45) is 2.06. The molecule has 2 N–H and O–H groups in total. The fourth-order valence-electron chi connectivity index (χ4n) is 2.15. The molecule has 2 aromatic heterocycles. The molecule has 0 aliphatic heterocycles. The van der Waals surface area contributed by atoms with Gasteiger partial charge in [-0.1, -0.05) is 12.1 Å². The molecule has 0 fully saturated rings. The molecule has 0 unspecified atom stereocenters. The molecule has 0 atom stereocenters. The van der Waals surface area contributed by atoms with Gasteiger partial charge in [-0.05, 0) is 37.8 Å². The molecule has 5 heteroatoms. The Morgan fingerprint density at radius 3 is 2.45 bits per heavy atom. The number of hydrogen-bond acceptors (Lipinski definition) is 5. The zero-order chi connectivity index (χ0) is 14.3. The maximum absolute atomic E-state index is 6.12. The maximum atomic E-state index is 6.12. The summed E-state index contributed by atoms with van der Waals surface area (Å²) < 4.78 is 0. The highest BCUT2D eigenvalue weighted by Crippen LogP contribution is 2.33. The summed E-state index contributed by atoms with van der Waals surface area (Å²) in [6, 6.07) is 8.24. The molecular formula is C15H15N3S2. The van der Waals surface area contributed by atoms with Gasteiger partial charge in [0.25, 0.3) is 0 Å². The number of nitrogens with zero attached hydrogens (tertiary/aromatic N) is 2. The third kappa shape index (κ3) is 2.17. The summed E-state index contributed by atoms with van der Waals surface area (Å²) in [4.78, 5) is 12.6. The molecule has 0 saturated heterocycles. The Hall–Kier alpha value is -1.59. The zero-order valence-electron chi connectivity index (χ0n) is 11.6. The summed E-state index contributed by atoms with van der Waals surface area (Å²) in [5, 5.41) is 0.997. The number of benzene rings is 1. The molecule has 0 bridgehead atoms. The van der Waals surface area contributed by atoms with Gasteiger partial charge in [0.15, 0.2) is 5.82 Å². The number of thioether (sulfide) groups is 1. The van der Waals surface area contributed by atoms with Crippen LogP contribution in [0.2, 0.25) is 0 Å². The standard InChI is InChI=1S/C15H15N3S2/c1-8-9(2)20-15-12(8)13(16)17-14(18-15)10-4-6-11(19-3)7-5-10/h4-7H,1-3H3,(H2,16,17,18). The molecule has 0 radical (unpaired) electrons. The van der Waals surface area contributed by atoms with Crippen molar-refractivity contribution in [2.45, 2.75) is 18.7 Å². The Morgan fingerprint density at radius 2 is 1.80 bits per heavy atom. The van der Waals surface area contributed by atoms with Crippen molar-refractivity contribution in [3.8, 4) is 11.4 Å². The lowest BCUT2D eigenvalue weighted by Crippen LogP contribution is -1.96. The van der Waals surface area contributed by atoms with Gasteiger partial charge >= 0.3 is 0 Å². The third-order valence-electron chi connectivity index (χ3n) is 3.40. The van der Waals surface area contributed by atoms with Crippen LogP contribution in [0.3, 0.4) is 0 Å². The van der Waals surface area contributed by atoms with E-state index in [0.717, 1.165) is 15.8 Å². The van der Waals surface area contributed by atoms with Crippen LogP contribution in [0.1, 0.15) is 10.4 Å². The van der Waals surface area contributed by atoms with Crippen LogP contribution < -0.4 is 5.73 Å². The highest BCUT2D eigenvalue weighted by Gasteiger charge is 2.13. The molecule has 0 amide bonds. The van der Waals surface area contributed by atoms with E-state index in [2.05, 4.69) is 42.2 Å².